The van der Waals surface area contributed by atoms with Crippen molar-refractivity contribution in [3.05, 3.63) is 53.1 Å². The molecule has 1 fully saturated rings. The number of nitrogens with zero attached hydrogens (tertiary/aromatic N) is 2. The Labute approximate surface area is 128 Å². The lowest BCUT2D eigenvalue weighted by Crippen LogP contribution is -2.41. The first-order valence-corrected chi connectivity index (χ1v) is 7.38. The van der Waals surface area contributed by atoms with E-state index in [2.05, 4.69) is 20.2 Å². The van der Waals surface area contributed by atoms with Crippen molar-refractivity contribution in [1.29, 1.82) is 0 Å². The van der Waals surface area contributed by atoms with Crippen LogP contribution in [0.1, 0.15) is 12.8 Å². The molecule has 1 saturated heterocycles. The first kappa shape index (κ1) is 14.3. The van der Waals surface area contributed by atoms with Gasteiger partial charge in [-0.05, 0) is 25.0 Å². The largest absolute Gasteiger partial charge is 0.366 e. The van der Waals surface area contributed by atoms with Crippen molar-refractivity contribution < 1.29 is 4.79 Å². The van der Waals surface area contributed by atoms with Crippen LogP contribution < -0.4 is 15.6 Å². The maximum absolute atomic E-state index is 12.4. The van der Waals surface area contributed by atoms with Gasteiger partial charge >= 0.3 is 0 Å². The molecule has 114 valence electrons. The van der Waals surface area contributed by atoms with Gasteiger partial charge in [0, 0.05) is 37.7 Å². The summed E-state index contributed by atoms with van der Waals surface area (Å²) in [6.07, 6.45) is 6.56. The summed E-state index contributed by atoms with van der Waals surface area (Å²) in [6.45, 7) is 1.51. The van der Waals surface area contributed by atoms with Gasteiger partial charge in [0.05, 0.1) is 5.92 Å². The predicted molar refractivity (Wildman–Crippen MR) is 84.9 cm³/mol. The van der Waals surface area contributed by atoms with Crippen LogP contribution in [0.15, 0.2) is 47.7 Å². The highest BCUT2D eigenvalue weighted by Crippen LogP contribution is 2.22. The van der Waals surface area contributed by atoms with Gasteiger partial charge < -0.3 is 15.2 Å². The number of carbonyl (C=O) groups is 1. The van der Waals surface area contributed by atoms with Crippen LogP contribution in [0, 0.1) is 5.92 Å². The second kappa shape index (κ2) is 6.43. The first-order valence-electron chi connectivity index (χ1n) is 7.38. The van der Waals surface area contributed by atoms with Gasteiger partial charge in [-0.3, -0.25) is 9.59 Å². The average molecular weight is 298 g/mol. The fourth-order valence-corrected chi connectivity index (χ4v) is 2.69. The van der Waals surface area contributed by atoms with Crippen LogP contribution in [-0.2, 0) is 4.79 Å². The monoisotopic (exact) mass is 298 g/mol. The van der Waals surface area contributed by atoms with E-state index in [0.29, 0.717) is 12.2 Å². The van der Waals surface area contributed by atoms with E-state index < -0.39 is 0 Å². The van der Waals surface area contributed by atoms with Crippen LogP contribution in [0.5, 0.6) is 0 Å². The minimum absolute atomic E-state index is 0.114. The smallest absolute Gasteiger partial charge is 0.229 e. The number of aromatic nitrogens is 2. The molecule has 0 unspecified atom stereocenters. The minimum Gasteiger partial charge on any atom is -0.366 e. The number of amides is 1. The number of aromatic amines is 1. The molecule has 0 aromatic carbocycles. The minimum atomic E-state index is -0.190. The molecule has 0 spiro atoms. The van der Waals surface area contributed by atoms with Gasteiger partial charge in [0.25, 0.3) is 0 Å². The van der Waals surface area contributed by atoms with E-state index >= 15 is 0 Å². The Morgan fingerprint density at radius 3 is 3.05 bits per heavy atom. The molecule has 1 atom stereocenters. The summed E-state index contributed by atoms with van der Waals surface area (Å²) < 4.78 is 0. The molecule has 6 nitrogen and oxygen atoms in total. The van der Waals surface area contributed by atoms with E-state index in [1.807, 2.05) is 18.2 Å². The van der Waals surface area contributed by atoms with Crippen LogP contribution in [0.2, 0.25) is 0 Å². The Kier molecular flexibility index (Phi) is 4.18. The van der Waals surface area contributed by atoms with E-state index in [9.17, 15) is 9.59 Å². The molecule has 2 aromatic rings. The van der Waals surface area contributed by atoms with Crippen LogP contribution in [0.25, 0.3) is 0 Å². The molecule has 0 saturated carbocycles. The zero-order valence-corrected chi connectivity index (χ0v) is 12.2. The highest BCUT2D eigenvalue weighted by molar-refractivity contribution is 5.92. The highest BCUT2D eigenvalue weighted by Gasteiger charge is 2.26. The topological polar surface area (TPSA) is 78.1 Å². The number of pyridine rings is 2. The molecule has 1 aliphatic heterocycles. The molecule has 0 aliphatic carbocycles. The number of H-pyrrole nitrogens is 1. The Morgan fingerprint density at radius 1 is 1.36 bits per heavy atom. The number of hydrogen-bond donors (Lipinski definition) is 2. The van der Waals surface area contributed by atoms with Crippen molar-refractivity contribution in [2.24, 2.45) is 5.92 Å². The SMILES string of the molecule is O=C(Nc1c[nH]ccc1=O)[C@@H]1CCCN(c2ccccn2)C1. The van der Waals surface area contributed by atoms with E-state index in [-0.39, 0.29) is 17.3 Å². The lowest BCUT2D eigenvalue weighted by Gasteiger charge is -2.32. The van der Waals surface area contributed by atoms with Crippen LogP contribution in [0.3, 0.4) is 0 Å². The molecule has 3 rings (SSSR count). The Morgan fingerprint density at radius 2 is 2.27 bits per heavy atom. The quantitative estimate of drug-likeness (QED) is 0.902. The van der Waals surface area contributed by atoms with Crippen LogP contribution in [0.4, 0.5) is 11.5 Å². The van der Waals surface area contributed by atoms with Gasteiger partial charge in [-0.15, -0.1) is 0 Å². The second-order valence-corrected chi connectivity index (χ2v) is 5.38. The third-order valence-corrected chi connectivity index (χ3v) is 3.85. The normalized spacial score (nSPS) is 18.0. The Hall–Kier alpha value is -2.63. The van der Waals surface area contributed by atoms with Crippen LogP contribution in [-0.4, -0.2) is 29.0 Å². The van der Waals surface area contributed by atoms with Crippen molar-refractivity contribution >= 4 is 17.4 Å². The standard InChI is InChI=1S/C16H18N4O2/c21-14-6-8-17-10-13(14)19-16(22)12-4-3-9-20(11-12)15-5-1-2-7-18-15/h1-2,5-8,10,12H,3-4,9,11H2,(H,17,21)(H,19,22)/t12-/m1/s1. The fraction of sp³-hybridized carbons (Fsp3) is 0.312. The number of hydrogen-bond acceptors (Lipinski definition) is 4. The fourth-order valence-electron chi connectivity index (χ4n) is 2.69. The second-order valence-electron chi connectivity index (χ2n) is 5.38. The number of rotatable bonds is 3. The van der Waals surface area contributed by atoms with Gasteiger partial charge in [0.1, 0.15) is 11.5 Å². The van der Waals surface area contributed by atoms with Crippen molar-refractivity contribution in [1.82, 2.24) is 9.97 Å². The number of anilines is 2. The molecule has 6 heteroatoms. The summed E-state index contributed by atoms with van der Waals surface area (Å²) in [7, 11) is 0. The van der Waals surface area contributed by atoms with Crippen molar-refractivity contribution in [2.75, 3.05) is 23.3 Å². The van der Waals surface area contributed by atoms with E-state index in [4.69, 9.17) is 0 Å². The van der Waals surface area contributed by atoms with Gasteiger partial charge in [-0.25, -0.2) is 4.98 Å². The zero-order valence-electron chi connectivity index (χ0n) is 12.2. The van der Waals surface area contributed by atoms with E-state index in [0.717, 1.165) is 25.2 Å². The summed E-state index contributed by atoms with van der Waals surface area (Å²) in [5, 5.41) is 2.72. The summed E-state index contributed by atoms with van der Waals surface area (Å²) in [6, 6.07) is 7.16. The molecule has 22 heavy (non-hydrogen) atoms. The molecule has 2 aromatic heterocycles. The lowest BCUT2D eigenvalue weighted by atomic mass is 9.97. The highest BCUT2D eigenvalue weighted by atomic mass is 16.2. The number of piperidine rings is 1. The Bertz CT molecular complexity index is 699. The Balaban J connectivity index is 1.68. The molecule has 1 aliphatic rings. The maximum atomic E-state index is 12.4. The van der Waals surface area contributed by atoms with Crippen molar-refractivity contribution in [3.8, 4) is 0 Å². The summed E-state index contributed by atoms with van der Waals surface area (Å²) >= 11 is 0. The molecule has 0 radical (unpaired) electrons. The van der Waals surface area contributed by atoms with Crippen LogP contribution >= 0.6 is 0 Å². The number of carbonyl (C=O) groups excluding carboxylic acids is 1. The summed E-state index contributed by atoms with van der Waals surface area (Å²) in [5.74, 6) is 0.630. The van der Waals surface area contributed by atoms with Gasteiger partial charge in [-0.2, -0.15) is 0 Å². The average Bonchev–Trinajstić information content (AvgIpc) is 2.58. The third kappa shape index (κ3) is 3.16. The van der Waals surface area contributed by atoms with Crippen molar-refractivity contribution in [3.63, 3.8) is 0 Å². The van der Waals surface area contributed by atoms with E-state index in [1.54, 1.807) is 12.4 Å². The summed E-state index contributed by atoms with van der Waals surface area (Å²) in [4.78, 5) is 33.3. The maximum Gasteiger partial charge on any atom is 0.229 e. The molecule has 1 amide bonds. The third-order valence-electron chi connectivity index (χ3n) is 3.85. The van der Waals surface area contributed by atoms with Gasteiger partial charge in [0.2, 0.25) is 11.3 Å². The molecular weight excluding hydrogens is 280 g/mol. The molecule has 3 heterocycles. The first-order chi connectivity index (χ1) is 10.7. The number of nitrogens with one attached hydrogen (secondary N) is 2. The lowest BCUT2D eigenvalue weighted by molar-refractivity contribution is -0.120. The molecular formula is C16H18N4O2. The predicted octanol–water partition coefficient (Wildman–Crippen LogP) is 1.62. The molecule has 2 N–H and O–H groups in total. The zero-order chi connectivity index (χ0) is 15.4. The van der Waals surface area contributed by atoms with Crippen molar-refractivity contribution in [2.45, 2.75) is 12.8 Å². The van der Waals surface area contributed by atoms with Gasteiger partial charge in [0.15, 0.2) is 0 Å². The molecule has 0 bridgehead atoms. The van der Waals surface area contributed by atoms with Gasteiger partial charge in [-0.1, -0.05) is 6.07 Å². The van der Waals surface area contributed by atoms with E-state index in [1.165, 1.54) is 12.3 Å². The summed E-state index contributed by atoms with van der Waals surface area (Å²) in [5.41, 5.74) is 0.104.